The molecular weight excluding hydrogens is 318 g/mol. The zero-order valence-corrected chi connectivity index (χ0v) is 14.5. The first kappa shape index (κ1) is 16.3. The molecule has 0 atom stereocenters. The summed E-state index contributed by atoms with van der Waals surface area (Å²) in [7, 11) is -3.60. The highest BCUT2D eigenvalue weighted by molar-refractivity contribution is 7.92. The van der Waals surface area contributed by atoms with Crippen LogP contribution in [0.25, 0.3) is 11.1 Å². The second-order valence-electron chi connectivity index (χ2n) is 5.81. The summed E-state index contributed by atoms with van der Waals surface area (Å²) >= 11 is 0. The summed E-state index contributed by atoms with van der Waals surface area (Å²) in [6.45, 7) is 3.87. The van der Waals surface area contributed by atoms with Crippen molar-refractivity contribution in [1.82, 2.24) is 0 Å². The zero-order valence-electron chi connectivity index (χ0n) is 13.7. The SMILES string of the molecule is Cc1ccc(NS(=O)(=O)c2ccc(-c3ccccc3)cc2)c(C)c1. The Morgan fingerprint density at radius 1 is 0.750 bits per heavy atom. The van der Waals surface area contributed by atoms with Crippen LogP contribution in [0.15, 0.2) is 77.7 Å². The van der Waals surface area contributed by atoms with Gasteiger partial charge in [-0.15, -0.1) is 0 Å². The monoisotopic (exact) mass is 337 g/mol. The lowest BCUT2D eigenvalue weighted by Gasteiger charge is -2.11. The molecule has 3 aromatic carbocycles. The van der Waals surface area contributed by atoms with Crippen molar-refractivity contribution in [3.8, 4) is 11.1 Å². The van der Waals surface area contributed by atoms with Gasteiger partial charge in [0.15, 0.2) is 0 Å². The Labute approximate surface area is 143 Å². The molecular formula is C20H19NO2S. The van der Waals surface area contributed by atoms with Crippen molar-refractivity contribution in [3.63, 3.8) is 0 Å². The lowest BCUT2D eigenvalue weighted by atomic mass is 10.1. The van der Waals surface area contributed by atoms with Crippen LogP contribution in [0.2, 0.25) is 0 Å². The maximum Gasteiger partial charge on any atom is 0.261 e. The van der Waals surface area contributed by atoms with Gasteiger partial charge in [0.2, 0.25) is 0 Å². The highest BCUT2D eigenvalue weighted by Crippen LogP contribution is 2.24. The van der Waals surface area contributed by atoms with Gasteiger partial charge in [0.25, 0.3) is 10.0 Å². The molecule has 0 heterocycles. The van der Waals surface area contributed by atoms with E-state index in [1.807, 2.05) is 68.4 Å². The van der Waals surface area contributed by atoms with Crippen LogP contribution < -0.4 is 4.72 Å². The van der Waals surface area contributed by atoms with Crippen LogP contribution in [0.5, 0.6) is 0 Å². The van der Waals surface area contributed by atoms with Gasteiger partial charge in [0.05, 0.1) is 10.6 Å². The zero-order chi connectivity index (χ0) is 17.2. The summed E-state index contributed by atoms with van der Waals surface area (Å²) in [4.78, 5) is 0.252. The van der Waals surface area contributed by atoms with Crippen molar-refractivity contribution < 1.29 is 8.42 Å². The number of sulfonamides is 1. The molecule has 0 unspecified atom stereocenters. The van der Waals surface area contributed by atoms with Crippen molar-refractivity contribution in [2.45, 2.75) is 18.7 Å². The summed E-state index contributed by atoms with van der Waals surface area (Å²) < 4.78 is 27.8. The Hall–Kier alpha value is -2.59. The van der Waals surface area contributed by atoms with Gasteiger partial charge >= 0.3 is 0 Å². The third-order valence-corrected chi connectivity index (χ3v) is 5.28. The Morgan fingerprint density at radius 3 is 2.00 bits per heavy atom. The highest BCUT2D eigenvalue weighted by atomic mass is 32.2. The average molecular weight is 337 g/mol. The van der Waals surface area contributed by atoms with E-state index in [-0.39, 0.29) is 4.90 Å². The first-order chi connectivity index (χ1) is 11.5. The molecule has 0 aromatic heterocycles. The molecule has 0 saturated carbocycles. The summed E-state index contributed by atoms with van der Waals surface area (Å²) in [6, 6.07) is 22.4. The first-order valence-electron chi connectivity index (χ1n) is 7.71. The van der Waals surface area contributed by atoms with Gasteiger partial charge in [0.1, 0.15) is 0 Å². The lowest BCUT2D eigenvalue weighted by molar-refractivity contribution is 0.601. The second kappa shape index (κ2) is 6.49. The molecule has 1 N–H and O–H groups in total. The Kier molecular flexibility index (Phi) is 4.40. The van der Waals surface area contributed by atoms with Crippen LogP contribution in [0.3, 0.4) is 0 Å². The van der Waals surface area contributed by atoms with E-state index in [0.29, 0.717) is 5.69 Å². The number of anilines is 1. The lowest BCUT2D eigenvalue weighted by Crippen LogP contribution is -2.13. The number of aryl methyl sites for hydroxylation is 2. The number of hydrogen-bond acceptors (Lipinski definition) is 2. The highest BCUT2D eigenvalue weighted by Gasteiger charge is 2.15. The van der Waals surface area contributed by atoms with Crippen molar-refractivity contribution in [2.75, 3.05) is 4.72 Å². The summed E-state index contributed by atoms with van der Waals surface area (Å²) in [6.07, 6.45) is 0. The van der Waals surface area contributed by atoms with Gasteiger partial charge in [-0.1, -0.05) is 60.2 Å². The number of hydrogen-bond donors (Lipinski definition) is 1. The van der Waals surface area contributed by atoms with Gasteiger partial charge in [-0.3, -0.25) is 4.72 Å². The van der Waals surface area contributed by atoms with Crippen LogP contribution in [0, 0.1) is 13.8 Å². The minimum Gasteiger partial charge on any atom is -0.279 e. The third-order valence-electron chi connectivity index (χ3n) is 3.90. The summed E-state index contributed by atoms with van der Waals surface area (Å²) in [5.74, 6) is 0. The Morgan fingerprint density at radius 2 is 1.38 bits per heavy atom. The molecule has 0 aliphatic rings. The van der Waals surface area contributed by atoms with Gasteiger partial charge in [-0.25, -0.2) is 8.42 Å². The van der Waals surface area contributed by atoms with Crippen LogP contribution >= 0.6 is 0 Å². The van der Waals surface area contributed by atoms with E-state index >= 15 is 0 Å². The summed E-state index contributed by atoms with van der Waals surface area (Å²) in [5.41, 5.74) is 4.65. The van der Waals surface area contributed by atoms with Crippen LogP contribution in [-0.4, -0.2) is 8.42 Å². The van der Waals surface area contributed by atoms with Gasteiger partial charge < -0.3 is 0 Å². The molecule has 0 aliphatic heterocycles. The van der Waals surface area contributed by atoms with E-state index in [1.165, 1.54) is 0 Å². The molecule has 0 radical (unpaired) electrons. The van der Waals surface area contributed by atoms with Crippen molar-refractivity contribution >= 4 is 15.7 Å². The second-order valence-corrected chi connectivity index (χ2v) is 7.50. The fraction of sp³-hybridized carbons (Fsp3) is 0.100. The fourth-order valence-corrected chi connectivity index (χ4v) is 3.72. The largest absolute Gasteiger partial charge is 0.279 e. The molecule has 0 amide bonds. The van der Waals surface area contributed by atoms with Crippen LogP contribution in [-0.2, 0) is 10.0 Å². The number of nitrogens with one attached hydrogen (secondary N) is 1. The van der Waals surface area contributed by atoms with Gasteiger partial charge in [-0.05, 0) is 48.7 Å². The van der Waals surface area contributed by atoms with Gasteiger partial charge in [-0.2, -0.15) is 0 Å². The smallest absolute Gasteiger partial charge is 0.261 e. The topological polar surface area (TPSA) is 46.2 Å². The molecule has 122 valence electrons. The quantitative estimate of drug-likeness (QED) is 0.745. The maximum absolute atomic E-state index is 12.6. The van der Waals surface area contributed by atoms with E-state index < -0.39 is 10.0 Å². The normalized spacial score (nSPS) is 11.2. The van der Waals surface area contributed by atoms with Gasteiger partial charge in [0, 0.05) is 0 Å². The molecule has 0 aliphatic carbocycles. The molecule has 3 rings (SSSR count). The molecule has 4 heteroatoms. The molecule has 3 aromatic rings. The molecule has 0 bridgehead atoms. The molecule has 24 heavy (non-hydrogen) atoms. The fourth-order valence-electron chi connectivity index (χ4n) is 2.59. The molecule has 0 fully saturated rings. The molecule has 3 nitrogen and oxygen atoms in total. The van der Waals surface area contributed by atoms with Crippen molar-refractivity contribution in [1.29, 1.82) is 0 Å². The minimum absolute atomic E-state index is 0.252. The predicted octanol–water partition coefficient (Wildman–Crippen LogP) is 4.77. The first-order valence-corrected chi connectivity index (χ1v) is 9.19. The van der Waals surface area contributed by atoms with Crippen LogP contribution in [0.1, 0.15) is 11.1 Å². The van der Waals surface area contributed by atoms with E-state index in [1.54, 1.807) is 18.2 Å². The Bertz CT molecular complexity index is 947. The van der Waals surface area contributed by atoms with Crippen molar-refractivity contribution in [2.24, 2.45) is 0 Å². The average Bonchev–Trinajstić information content (AvgIpc) is 2.58. The predicted molar refractivity (Wildman–Crippen MR) is 98.6 cm³/mol. The van der Waals surface area contributed by atoms with Crippen molar-refractivity contribution in [3.05, 3.63) is 83.9 Å². The molecule has 0 spiro atoms. The van der Waals surface area contributed by atoms with E-state index in [9.17, 15) is 8.42 Å². The van der Waals surface area contributed by atoms with E-state index in [0.717, 1.165) is 22.3 Å². The minimum atomic E-state index is -3.60. The van der Waals surface area contributed by atoms with E-state index in [4.69, 9.17) is 0 Å². The molecule has 0 saturated heterocycles. The number of benzene rings is 3. The number of rotatable bonds is 4. The third kappa shape index (κ3) is 3.49. The summed E-state index contributed by atoms with van der Waals surface area (Å²) in [5, 5.41) is 0. The maximum atomic E-state index is 12.6. The van der Waals surface area contributed by atoms with Crippen LogP contribution in [0.4, 0.5) is 5.69 Å². The standard InChI is InChI=1S/C20H19NO2S/c1-15-8-13-20(16(2)14-15)21-24(22,23)19-11-9-18(10-12-19)17-6-4-3-5-7-17/h3-14,21H,1-2H3. The van der Waals surface area contributed by atoms with E-state index in [2.05, 4.69) is 4.72 Å². The Balaban J connectivity index is 1.87.